The third-order valence-electron chi connectivity index (χ3n) is 1.81. The summed E-state index contributed by atoms with van der Waals surface area (Å²) in [5.74, 6) is 0. The van der Waals surface area contributed by atoms with E-state index in [4.69, 9.17) is 0 Å². The minimum atomic E-state index is 1.11. The quantitative estimate of drug-likeness (QED) is 0.659. The summed E-state index contributed by atoms with van der Waals surface area (Å²) < 4.78 is 0. The van der Waals surface area contributed by atoms with Crippen LogP contribution in [0.15, 0.2) is 12.5 Å². The zero-order valence-electron chi connectivity index (χ0n) is 7.17. The molecular formula is C9H14N2. The van der Waals surface area contributed by atoms with Gasteiger partial charge in [0, 0.05) is 11.9 Å². The number of rotatable bonds is 3. The van der Waals surface area contributed by atoms with Crippen LogP contribution in [0.4, 0.5) is 0 Å². The summed E-state index contributed by atoms with van der Waals surface area (Å²) in [5, 5.41) is 0. The molecule has 2 heteroatoms. The van der Waals surface area contributed by atoms with Gasteiger partial charge in [0.2, 0.25) is 0 Å². The average Bonchev–Trinajstić information content (AvgIpc) is 2.03. The fraction of sp³-hybridized carbons (Fsp3) is 0.556. The number of hydrogen-bond acceptors (Lipinski definition) is 2. The minimum Gasteiger partial charge on any atom is -0.245 e. The van der Waals surface area contributed by atoms with Gasteiger partial charge in [0.15, 0.2) is 0 Å². The molecule has 0 radical (unpaired) electrons. The Morgan fingerprint density at radius 3 is 2.91 bits per heavy atom. The van der Waals surface area contributed by atoms with Crippen molar-refractivity contribution in [2.24, 2.45) is 0 Å². The van der Waals surface area contributed by atoms with E-state index < -0.39 is 0 Å². The molecule has 0 saturated heterocycles. The van der Waals surface area contributed by atoms with Crippen LogP contribution in [0.5, 0.6) is 0 Å². The normalized spacial score (nSPS) is 10.0. The number of aromatic nitrogens is 2. The highest BCUT2D eigenvalue weighted by molar-refractivity contribution is 5.13. The van der Waals surface area contributed by atoms with Crippen molar-refractivity contribution in [2.75, 3.05) is 0 Å². The van der Waals surface area contributed by atoms with Gasteiger partial charge in [-0.2, -0.15) is 0 Å². The lowest BCUT2D eigenvalue weighted by Crippen LogP contribution is -1.93. The molecule has 1 aromatic heterocycles. The summed E-state index contributed by atoms with van der Waals surface area (Å²) in [4.78, 5) is 8.11. The van der Waals surface area contributed by atoms with Crippen LogP contribution in [-0.2, 0) is 6.42 Å². The predicted molar refractivity (Wildman–Crippen MR) is 45.4 cm³/mol. The van der Waals surface area contributed by atoms with E-state index in [9.17, 15) is 0 Å². The summed E-state index contributed by atoms with van der Waals surface area (Å²) in [5.41, 5.74) is 2.41. The molecule has 0 aromatic carbocycles. The van der Waals surface area contributed by atoms with Crippen molar-refractivity contribution < 1.29 is 0 Å². The lowest BCUT2D eigenvalue weighted by Gasteiger charge is -2.00. The maximum atomic E-state index is 4.12. The molecule has 0 N–H and O–H groups in total. The van der Waals surface area contributed by atoms with E-state index in [-0.39, 0.29) is 0 Å². The molecule has 0 bridgehead atoms. The molecule has 0 amide bonds. The summed E-state index contributed by atoms with van der Waals surface area (Å²) in [6.07, 6.45) is 7.09. The molecule has 1 rings (SSSR count). The van der Waals surface area contributed by atoms with E-state index in [2.05, 4.69) is 16.9 Å². The monoisotopic (exact) mass is 150 g/mol. The first kappa shape index (κ1) is 8.18. The predicted octanol–water partition coefficient (Wildman–Crippen LogP) is 2.13. The Morgan fingerprint density at radius 2 is 2.27 bits per heavy atom. The first-order valence-electron chi connectivity index (χ1n) is 4.10. The van der Waals surface area contributed by atoms with Gasteiger partial charge >= 0.3 is 0 Å². The average molecular weight is 150 g/mol. The molecule has 60 valence electrons. The van der Waals surface area contributed by atoms with Crippen LogP contribution in [0.3, 0.4) is 0 Å². The summed E-state index contributed by atoms with van der Waals surface area (Å²) in [6, 6.07) is 0. The van der Waals surface area contributed by atoms with Crippen LogP contribution in [0.25, 0.3) is 0 Å². The second-order valence-electron chi connectivity index (χ2n) is 2.74. The Bertz CT molecular complexity index is 221. The zero-order valence-corrected chi connectivity index (χ0v) is 7.17. The smallest absolute Gasteiger partial charge is 0.115 e. The molecule has 11 heavy (non-hydrogen) atoms. The summed E-state index contributed by atoms with van der Waals surface area (Å²) >= 11 is 0. The zero-order chi connectivity index (χ0) is 8.10. The van der Waals surface area contributed by atoms with Gasteiger partial charge in [-0.3, -0.25) is 0 Å². The Morgan fingerprint density at radius 1 is 1.45 bits per heavy atom. The Hall–Kier alpha value is -0.920. The molecule has 0 aliphatic carbocycles. The fourth-order valence-electron chi connectivity index (χ4n) is 1.03. The van der Waals surface area contributed by atoms with Crippen LogP contribution in [-0.4, -0.2) is 9.97 Å². The summed E-state index contributed by atoms with van der Waals surface area (Å²) in [7, 11) is 0. The molecule has 0 aliphatic heterocycles. The molecule has 0 saturated carbocycles. The van der Waals surface area contributed by atoms with Gasteiger partial charge in [0.25, 0.3) is 0 Å². The molecule has 0 spiro atoms. The van der Waals surface area contributed by atoms with Crippen molar-refractivity contribution in [3.05, 3.63) is 23.8 Å². The van der Waals surface area contributed by atoms with E-state index in [0.717, 1.165) is 12.1 Å². The van der Waals surface area contributed by atoms with E-state index in [1.54, 1.807) is 6.33 Å². The molecular weight excluding hydrogens is 136 g/mol. The SMILES string of the molecule is CCCCc1cncnc1C. The van der Waals surface area contributed by atoms with Gasteiger partial charge in [0.1, 0.15) is 6.33 Å². The number of nitrogens with zero attached hydrogens (tertiary/aromatic N) is 2. The fourth-order valence-corrected chi connectivity index (χ4v) is 1.03. The van der Waals surface area contributed by atoms with Gasteiger partial charge < -0.3 is 0 Å². The van der Waals surface area contributed by atoms with Gasteiger partial charge in [-0.25, -0.2) is 9.97 Å². The van der Waals surface area contributed by atoms with Gasteiger partial charge in [-0.15, -0.1) is 0 Å². The Kier molecular flexibility index (Phi) is 3.02. The van der Waals surface area contributed by atoms with Crippen molar-refractivity contribution in [3.63, 3.8) is 0 Å². The number of aryl methyl sites for hydroxylation is 2. The number of hydrogen-bond donors (Lipinski definition) is 0. The van der Waals surface area contributed by atoms with Crippen LogP contribution < -0.4 is 0 Å². The maximum Gasteiger partial charge on any atom is 0.115 e. The van der Waals surface area contributed by atoms with Crippen molar-refractivity contribution in [1.29, 1.82) is 0 Å². The topological polar surface area (TPSA) is 25.8 Å². The van der Waals surface area contributed by atoms with Crippen molar-refractivity contribution in [1.82, 2.24) is 9.97 Å². The highest BCUT2D eigenvalue weighted by Crippen LogP contribution is 2.05. The molecule has 2 nitrogen and oxygen atoms in total. The third-order valence-corrected chi connectivity index (χ3v) is 1.81. The standard InChI is InChI=1S/C9H14N2/c1-3-4-5-9-6-10-7-11-8(9)2/h6-7H,3-5H2,1-2H3. The van der Waals surface area contributed by atoms with Crippen LogP contribution in [0, 0.1) is 6.92 Å². The lowest BCUT2D eigenvalue weighted by atomic mass is 10.1. The first-order valence-corrected chi connectivity index (χ1v) is 4.10. The molecule has 1 heterocycles. The van der Waals surface area contributed by atoms with E-state index in [1.165, 1.54) is 18.4 Å². The van der Waals surface area contributed by atoms with Crippen LogP contribution in [0.2, 0.25) is 0 Å². The second kappa shape index (κ2) is 4.06. The van der Waals surface area contributed by atoms with Gasteiger partial charge in [0.05, 0.1) is 0 Å². The molecule has 0 fully saturated rings. The van der Waals surface area contributed by atoms with Gasteiger partial charge in [-0.1, -0.05) is 13.3 Å². The number of unbranched alkanes of at least 4 members (excludes halogenated alkanes) is 1. The third kappa shape index (κ3) is 2.30. The van der Waals surface area contributed by atoms with Crippen molar-refractivity contribution in [3.8, 4) is 0 Å². The molecule has 0 aliphatic rings. The maximum absolute atomic E-state index is 4.12. The summed E-state index contributed by atoms with van der Waals surface area (Å²) in [6.45, 7) is 4.23. The molecule has 0 unspecified atom stereocenters. The minimum absolute atomic E-state index is 1.11. The van der Waals surface area contributed by atoms with Gasteiger partial charge in [-0.05, 0) is 25.3 Å². The second-order valence-corrected chi connectivity index (χ2v) is 2.74. The molecule has 1 aromatic rings. The van der Waals surface area contributed by atoms with Crippen molar-refractivity contribution in [2.45, 2.75) is 33.1 Å². The first-order chi connectivity index (χ1) is 5.34. The van der Waals surface area contributed by atoms with E-state index in [0.29, 0.717) is 0 Å². The Balaban J connectivity index is 2.62. The van der Waals surface area contributed by atoms with Crippen LogP contribution >= 0.6 is 0 Å². The largest absolute Gasteiger partial charge is 0.245 e. The van der Waals surface area contributed by atoms with Crippen LogP contribution in [0.1, 0.15) is 31.0 Å². The van der Waals surface area contributed by atoms with Crippen molar-refractivity contribution >= 4 is 0 Å². The van der Waals surface area contributed by atoms with E-state index >= 15 is 0 Å². The highest BCUT2D eigenvalue weighted by atomic mass is 14.8. The molecule has 0 atom stereocenters. The highest BCUT2D eigenvalue weighted by Gasteiger charge is 1.96. The Labute approximate surface area is 67.7 Å². The lowest BCUT2D eigenvalue weighted by molar-refractivity contribution is 0.781. The van der Waals surface area contributed by atoms with E-state index in [1.807, 2.05) is 13.1 Å².